The summed E-state index contributed by atoms with van der Waals surface area (Å²) >= 11 is 0. The van der Waals surface area contributed by atoms with Gasteiger partial charge in [0, 0.05) is 12.2 Å². The zero-order valence-corrected chi connectivity index (χ0v) is 13.8. The third-order valence-electron chi connectivity index (χ3n) is 5.33. The lowest BCUT2D eigenvalue weighted by Crippen LogP contribution is -2.57. The van der Waals surface area contributed by atoms with Crippen molar-refractivity contribution in [1.29, 1.82) is 0 Å². The first-order chi connectivity index (χ1) is 11.2. The number of carboxylic acids is 1. The molecule has 0 aromatic carbocycles. The van der Waals surface area contributed by atoms with Gasteiger partial charge in [0.1, 0.15) is 11.3 Å². The fourth-order valence-corrected chi connectivity index (χ4v) is 3.75. The Hall–Kier alpha value is -2.44. The Morgan fingerprint density at radius 2 is 2.21 bits per heavy atom. The van der Waals surface area contributed by atoms with Gasteiger partial charge in [0.15, 0.2) is 0 Å². The van der Waals surface area contributed by atoms with Crippen LogP contribution in [0.15, 0.2) is 24.5 Å². The monoisotopic (exact) mass is 333 g/mol. The summed E-state index contributed by atoms with van der Waals surface area (Å²) in [4.78, 5) is 27.7. The number of nitrogens with zero attached hydrogens (tertiary/aromatic N) is 2. The van der Waals surface area contributed by atoms with Crippen molar-refractivity contribution in [3.05, 3.63) is 36.2 Å². The molecule has 0 bridgehead atoms. The molecule has 1 unspecified atom stereocenters. The highest BCUT2D eigenvalue weighted by molar-refractivity contribution is 5.92. The highest BCUT2D eigenvalue weighted by atomic mass is 19.1. The highest BCUT2D eigenvalue weighted by Crippen LogP contribution is 2.52. The van der Waals surface area contributed by atoms with Gasteiger partial charge in [-0.15, -0.1) is 0 Å². The lowest BCUT2D eigenvalue weighted by molar-refractivity contribution is -0.160. The number of aliphatic carboxylic acids is 1. The first-order valence-electron chi connectivity index (χ1n) is 7.88. The van der Waals surface area contributed by atoms with E-state index in [0.717, 1.165) is 0 Å². The first kappa shape index (κ1) is 16.4. The normalized spacial score (nSPS) is 23.5. The molecule has 1 aliphatic rings. The number of imidazole rings is 1. The average Bonchev–Trinajstić information content (AvgIpc) is 2.91. The van der Waals surface area contributed by atoms with Gasteiger partial charge in [0.2, 0.25) is 5.82 Å². The zero-order valence-electron chi connectivity index (χ0n) is 13.8. The summed E-state index contributed by atoms with van der Waals surface area (Å²) in [6.45, 7) is 5.67. The predicted molar refractivity (Wildman–Crippen MR) is 85.1 cm³/mol. The van der Waals surface area contributed by atoms with E-state index >= 15 is 0 Å². The van der Waals surface area contributed by atoms with Crippen LogP contribution < -0.4 is 5.32 Å². The third kappa shape index (κ3) is 2.44. The molecule has 0 radical (unpaired) electrons. The number of carboxylic acid groups (broad SMARTS) is 1. The van der Waals surface area contributed by atoms with E-state index in [1.165, 1.54) is 22.7 Å². The van der Waals surface area contributed by atoms with E-state index in [0.29, 0.717) is 6.42 Å². The van der Waals surface area contributed by atoms with E-state index in [9.17, 15) is 19.1 Å². The second kappa shape index (κ2) is 5.58. The fourth-order valence-electron chi connectivity index (χ4n) is 3.75. The molecule has 0 saturated heterocycles. The standard InChI is InChI=1S/C17H20FN3O3/c1-9(10-7-11(16(23)24)17(10,2)3)20-15(22)14-19-8-13-12(18)5-4-6-21(13)14/h4-6,8-11H,7H2,1-3H3,(H,20,22)(H,23,24)/t9?,10-,11+/m0/s1. The molecule has 2 N–H and O–H groups in total. The third-order valence-corrected chi connectivity index (χ3v) is 5.33. The molecule has 3 atom stereocenters. The van der Waals surface area contributed by atoms with Gasteiger partial charge in [-0.05, 0) is 36.8 Å². The number of aromatic nitrogens is 2. The molecule has 2 heterocycles. The molecule has 2 aromatic heterocycles. The number of carbonyl (C=O) groups excluding carboxylic acids is 1. The SMILES string of the molecule is CC(NC(=O)c1ncc2c(F)cccn12)[C@@H]1C[C@H](C(=O)O)C1(C)C. The molecular weight excluding hydrogens is 313 g/mol. The summed E-state index contributed by atoms with van der Waals surface area (Å²) in [5.74, 6) is -1.87. The van der Waals surface area contributed by atoms with E-state index < -0.39 is 23.6 Å². The Kier molecular flexibility index (Phi) is 3.81. The topological polar surface area (TPSA) is 83.7 Å². The van der Waals surface area contributed by atoms with E-state index in [1.807, 2.05) is 20.8 Å². The Morgan fingerprint density at radius 3 is 2.83 bits per heavy atom. The van der Waals surface area contributed by atoms with Crippen molar-refractivity contribution in [2.75, 3.05) is 0 Å². The number of hydrogen-bond donors (Lipinski definition) is 2. The maximum atomic E-state index is 13.7. The molecule has 1 saturated carbocycles. The van der Waals surface area contributed by atoms with Crippen LogP contribution in [0.2, 0.25) is 0 Å². The lowest BCUT2D eigenvalue weighted by atomic mass is 9.52. The second-order valence-electron chi connectivity index (χ2n) is 7.01. The minimum atomic E-state index is -0.801. The maximum Gasteiger partial charge on any atom is 0.307 e. The van der Waals surface area contributed by atoms with Gasteiger partial charge in [0.05, 0.1) is 12.1 Å². The van der Waals surface area contributed by atoms with Crippen LogP contribution in [0.1, 0.15) is 37.8 Å². The quantitative estimate of drug-likeness (QED) is 0.899. The fraction of sp³-hybridized carbons (Fsp3) is 0.471. The Balaban J connectivity index is 1.75. The molecule has 1 fully saturated rings. The molecule has 7 heteroatoms. The number of fused-ring (bicyclic) bond motifs is 1. The molecule has 1 amide bonds. The van der Waals surface area contributed by atoms with Gasteiger partial charge in [-0.3, -0.25) is 14.0 Å². The number of pyridine rings is 1. The molecule has 128 valence electrons. The average molecular weight is 333 g/mol. The van der Waals surface area contributed by atoms with E-state index in [2.05, 4.69) is 10.3 Å². The van der Waals surface area contributed by atoms with Crippen molar-refractivity contribution < 1.29 is 19.1 Å². The van der Waals surface area contributed by atoms with Crippen LogP contribution in [0.4, 0.5) is 4.39 Å². The Morgan fingerprint density at radius 1 is 1.50 bits per heavy atom. The van der Waals surface area contributed by atoms with Crippen LogP contribution in [0, 0.1) is 23.1 Å². The highest BCUT2D eigenvalue weighted by Gasteiger charge is 2.54. The molecular formula is C17H20FN3O3. The summed E-state index contributed by atoms with van der Waals surface area (Å²) in [5, 5.41) is 12.1. The van der Waals surface area contributed by atoms with Gasteiger partial charge in [-0.2, -0.15) is 0 Å². The maximum absolute atomic E-state index is 13.7. The molecule has 0 aliphatic heterocycles. The van der Waals surface area contributed by atoms with Crippen LogP contribution in [-0.4, -0.2) is 32.4 Å². The molecule has 3 rings (SSSR count). The largest absolute Gasteiger partial charge is 0.481 e. The number of halogens is 1. The molecule has 2 aromatic rings. The van der Waals surface area contributed by atoms with Crippen LogP contribution in [0.3, 0.4) is 0 Å². The minimum absolute atomic E-state index is 0.0607. The second-order valence-corrected chi connectivity index (χ2v) is 7.01. The van der Waals surface area contributed by atoms with Gasteiger partial charge in [-0.1, -0.05) is 13.8 Å². The van der Waals surface area contributed by atoms with Crippen molar-refractivity contribution in [2.45, 2.75) is 33.2 Å². The van der Waals surface area contributed by atoms with Crippen molar-refractivity contribution >= 4 is 17.4 Å². The van der Waals surface area contributed by atoms with E-state index in [4.69, 9.17) is 0 Å². The van der Waals surface area contributed by atoms with E-state index in [1.54, 1.807) is 6.20 Å². The van der Waals surface area contributed by atoms with Gasteiger partial charge < -0.3 is 10.4 Å². The zero-order chi connectivity index (χ0) is 17.6. The van der Waals surface area contributed by atoms with Gasteiger partial charge in [-0.25, -0.2) is 9.37 Å². The number of nitrogens with one attached hydrogen (secondary N) is 1. The Bertz CT molecular complexity index is 815. The first-order valence-corrected chi connectivity index (χ1v) is 7.88. The van der Waals surface area contributed by atoms with Gasteiger partial charge in [0.25, 0.3) is 5.91 Å². The number of rotatable bonds is 4. The number of hydrogen-bond acceptors (Lipinski definition) is 3. The van der Waals surface area contributed by atoms with Crippen LogP contribution >= 0.6 is 0 Å². The smallest absolute Gasteiger partial charge is 0.307 e. The molecule has 0 spiro atoms. The predicted octanol–water partition coefficient (Wildman–Crippen LogP) is 2.34. The van der Waals surface area contributed by atoms with Crippen molar-refractivity contribution in [3.63, 3.8) is 0 Å². The number of amides is 1. The van der Waals surface area contributed by atoms with Crippen molar-refractivity contribution in [1.82, 2.24) is 14.7 Å². The summed E-state index contributed by atoms with van der Waals surface area (Å²) < 4.78 is 15.1. The summed E-state index contributed by atoms with van der Waals surface area (Å²) in [6.07, 6.45) is 3.43. The number of carbonyl (C=O) groups is 2. The summed E-state index contributed by atoms with van der Waals surface area (Å²) in [6, 6.07) is 2.62. The van der Waals surface area contributed by atoms with E-state index in [-0.39, 0.29) is 28.7 Å². The summed E-state index contributed by atoms with van der Waals surface area (Å²) in [7, 11) is 0. The van der Waals surface area contributed by atoms with Crippen LogP contribution in [0.25, 0.3) is 5.52 Å². The summed E-state index contributed by atoms with van der Waals surface area (Å²) in [5.41, 5.74) is -0.149. The van der Waals surface area contributed by atoms with Crippen molar-refractivity contribution in [2.24, 2.45) is 17.3 Å². The van der Waals surface area contributed by atoms with Crippen molar-refractivity contribution in [3.8, 4) is 0 Å². The lowest BCUT2D eigenvalue weighted by Gasteiger charge is -2.52. The Labute approximate surface area is 138 Å². The van der Waals surface area contributed by atoms with Crippen LogP contribution in [0.5, 0.6) is 0 Å². The van der Waals surface area contributed by atoms with Gasteiger partial charge >= 0.3 is 5.97 Å². The molecule has 24 heavy (non-hydrogen) atoms. The van der Waals surface area contributed by atoms with Crippen LogP contribution in [-0.2, 0) is 4.79 Å². The minimum Gasteiger partial charge on any atom is -0.481 e. The molecule has 1 aliphatic carbocycles. The molecule has 6 nitrogen and oxygen atoms in total.